The van der Waals surface area contributed by atoms with E-state index in [2.05, 4.69) is 37.1 Å². The maximum absolute atomic E-state index is 3.68. The van der Waals surface area contributed by atoms with Crippen molar-refractivity contribution in [3.05, 3.63) is 0 Å². The lowest BCUT2D eigenvalue weighted by Gasteiger charge is -2.25. The van der Waals surface area contributed by atoms with E-state index < -0.39 is 8.07 Å². The molecule has 1 aliphatic heterocycles. The number of halogens is 1. The summed E-state index contributed by atoms with van der Waals surface area (Å²) in [6.45, 7) is 10.5. The van der Waals surface area contributed by atoms with Gasteiger partial charge in [-0.1, -0.05) is 33.1 Å². The van der Waals surface area contributed by atoms with Crippen molar-refractivity contribution in [2.45, 2.75) is 58.2 Å². The quantitative estimate of drug-likeness (QED) is 0.554. The maximum atomic E-state index is 3.68. The molecule has 3 heteroatoms. The molecule has 0 aromatic carbocycles. The van der Waals surface area contributed by atoms with Crippen LogP contribution in [0.3, 0.4) is 0 Å². The smallest absolute Gasteiger partial charge is 0.137 e. The Morgan fingerprint density at radius 3 is 1.94 bits per heavy atom. The van der Waals surface area contributed by atoms with Crippen molar-refractivity contribution in [1.82, 2.24) is 4.90 Å². The van der Waals surface area contributed by atoms with Crippen LogP contribution in [0, 0.1) is 11.5 Å². The molecular formula is C14H28ClNSi. The highest BCUT2D eigenvalue weighted by molar-refractivity contribution is 6.87. The molecule has 1 saturated heterocycles. The Labute approximate surface area is 115 Å². The zero-order valence-electron chi connectivity index (χ0n) is 11.7. The third-order valence-corrected chi connectivity index (χ3v) is 8.90. The van der Waals surface area contributed by atoms with E-state index in [0.29, 0.717) is 0 Å². The zero-order valence-corrected chi connectivity index (χ0v) is 13.5. The molecule has 0 spiro atoms. The molecule has 1 nitrogen and oxygen atoms in total. The number of rotatable bonds is 4. The summed E-state index contributed by atoms with van der Waals surface area (Å²) in [7, 11) is -1.19. The van der Waals surface area contributed by atoms with E-state index in [1.165, 1.54) is 50.5 Å². The van der Waals surface area contributed by atoms with Crippen LogP contribution in [-0.4, -0.2) is 32.6 Å². The molecule has 1 rings (SSSR count). The van der Waals surface area contributed by atoms with Crippen LogP contribution >= 0.6 is 12.4 Å². The van der Waals surface area contributed by atoms with Gasteiger partial charge in [0.2, 0.25) is 0 Å². The molecule has 0 unspecified atom stereocenters. The minimum absolute atomic E-state index is 0. The predicted octanol–water partition coefficient (Wildman–Crippen LogP) is 3.95. The Hall–Kier alpha value is 0.0269. The molecule has 1 heterocycles. The van der Waals surface area contributed by atoms with Crippen LogP contribution in [0.4, 0.5) is 0 Å². The average molecular weight is 274 g/mol. The van der Waals surface area contributed by atoms with Gasteiger partial charge in [-0.3, -0.25) is 4.90 Å². The number of nitrogens with zero attached hydrogens (tertiary/aromatic N) is 1. The van der Waals surface area contributed by atoms with Gasteiger partial charge in [-0.15, -0.1) is 18.0 Å². The van der Waals surface area contributed by atoms with Gasteiger partial charge < -0.3 is 0 Å². The topological polar surface area (TPSA) is 3.24 Å². The summed E-state index contributed by atoms with van der Waals surface area (Å²) < 4.78 is 0. The van der Waals surface area contributed by atoms with E-state index in [-0.39, 0.29) is 12.4 Å². The highest BCUT2D eigenvalue weighted by atomic mass is 35.5. The molecule has 0 saturated carbocycles. The van der Waals surface area contributed by atoms with E-state index >= 15 is 0 Å². The van der Waals surface area contributed by atoms with Crippen molar-refractivity contribution < 1.29 is 0 Å². The Kier molecular flexibility index (Phi) is 9.04. The first kappa shape index (κ1) is 17.0. The number of piperidine rings is 1. The first-order chi connectivity index (χ1) is 7.76. The molecule has 0 bridgehead atoms. The standard InChI is InChI=1S/C14H27NSi.ClH/c1-4-16(5-2,6-3)14-10-13-15-11-8-7-9-12-15;/h4-9,11-13H2,1-3H3;1H. The largest absolute Gasteiger partial charge is 0.292 e. The molecule has 0 aromatic rings. The highest BCUT2D eigenvalue weighted by Crippen LogP contribution is 2.18. The third-order valence-electron chi connectivity index (χ3n) is 4.14. The van der Waals surface area contributed by atoms with Crippen LogP contribution in [0.25, 0.3) is 0 Å². The monoisotopic (exact) mass is 273 g/mol. The zero-order chi connectivity index (χ0) is 11.9. The fraction of sp³-hybridized carbons (Fsp3) is 0.857. The molecular weight excluding hydrogens is 246 g/mol. The van der Waals surface area contributed by atoms with Crippen LogP contribution in [0.2, 0.25) is 18.1 Å². The second kappa shape index (κ2) is 9.02. The number of hydrogen-bond donors (Lipinski definition) is 0. The van der Waals surface area contributed by atoms with Gasteiger partial charge in [0.05, 0.1) is 6.54 Å². The Balaban J connectivity index is 0.00000256. The SMILES string of the molecule is CC[Si](C#CCN1CCCCC1)(CC)CC.Cl. The van der Waals surface area contributed by atoms with Crippen LogP contribution in [0.15, 0.2) is 0 Å². The minimum atomic E-state index is -1.19. The summed E-state index contributed by atoms with van der Waals surface area (Å²) in [4.78, 5) is 2.52. The fourth-order valence-electron chi connectivity index (χ4n) is 2.47. The number of likely N-dealkylation sites (tertiary alicyclic amines) is 1. The Morgan fingerprint density at radius 1 is 0.941 bits per heavy atom. The van der Waals surface area contributed by atoms with Gasteiger partial charge in [0.1, 0.15) is 8.07 Å². The van der Waals surface area contributed by atoms with Crippen LogP contribution in [0.1, 0.15) is 40.0 Å². The van der Waals surface area contributed by atoms with Crippen molar-refractivity contribution in [3.8, 4) is 11.5 Å². The molecule has 0 aliphatic carbocycles. The second-order valence-corrected chi connectivity index (χ2v) is 9.91. The predicted molar refractivity (Wildman–Crippen MR) is 82.5 cm³/mol. The molecule has 0 aromatic heterocycles. The van der Waals surface area contributed by atoms with E-state index in [1.54, 1.807) is 0 Å². The minimum Gasteiger partial charge on any atom is -0.292 e. The van der Waals surface area contributed by atoms with E-state index in [1.807, 2.05) is 0 Å². The van der Waals surface area contributed by atoms with Gasteiger partial charge in [0, 0.05) is 0 Å². The average Bonchev–Trinajstić information content (AvgIpc) is 2.37. The Bertz CT molecular complexity index is 238. The van der Waals surface area contributed by atoms with E-state index in [0.717, 1.165) is 6.54 Å². The van der Waals surface area contributed by atoms with Gasteiger partial charge in [0.25, 0.3) is 0 Å². The summed E-state index contributed by atoms with van der Waals surface area (Å²) >= 11 is 0. The van der Waals surface area contributed by atoms with Crippen LogP contribution < -0.4 is 0 Å². The fourth-order valence-corrected chi connectivity index (χ4v) is 4.96. The van der Waals surface area contributed by atoms with E-state index in [4.69, 9.17) is 0 Å². The maximum Gasteiger partial charge on any atom is 0.137 e. The molecule has 0 atom stereocenters. The van der Waals surface area contributed by atoms with Gasteiger partial charge in [-0.2, -0.15) is 0 Å². The van der Waals surface area contributed by atoms with Crippen molar-refractivity contribution in [2.24, 2.45) is 0 Å². The summed E-state index contributed by atoms with van der Waals surface area (Å²) in [5, 5.41) is 0. The van der Waals surface area contributed by atoms with Crippen LogP contribution in [0.5, 0.6) is 0 Å². The van der Waals surface area contributed by atoms with Gasteiger partial charge in [-0.05, 0) is 44.1 Å². The first-order valence-electron chi connectivity index (χ1n) is 6.98. The van der Waals surface area contributed by atoms with Gasteiger partial charge in [-0.25, -0.2) is 0 Å². The molecule has 100 valence electrons. The summed E-state index contributed by atoms with van der Waals surface area (Å²) in [6, 6.07) is 3.98. The first-order valence-corrected chi connectivity index (χ1v) is 9.61. The highest BCUT2D eigenvalue weighted by Gasteiger charge is 2.24. The second-order valence-electron chi connectivity index (χ2n) is 4.98. The van der Waals surface area contributed by atoms with E-state index in [9.17, 15) is 0 Å². The van der Waals surface area contributed by atoms with Crippen molar-refractivity contribution in [2.75, 3.05) is 19.6 Å². The lowest BCUT2D eigenvalue weighted by Crippen LogP contribution is -2.32. The molecule has 1 aliphatic rings. The lowest BCUT2D eigenvalue weighted by atomic mass is 10.1. The third kappa shape index (κ3) is 5.46. The Morgan fingerprint density at radius 2 is 1.47 bits per heavy atom. The molecule has 0 N–H and O–H groups in total. The normalized spacial score (nSPS) is 16.9. The van der Waals surface area contributed by atoms with Gasteiger partial charge in [0.15, 0.2) is 0 Å². The summed E-state index contributed by atoms with van der Waals surface area (Å²) in [5.74, 6) is 3.49. The van der Waals surface area contributed by atoms with Crippen molar-refractivity contribution >= 4 is 20.5 Å². The van der Waals surface area contributed by atoms with Crippen molar-refractivity contribution in [1.29, 1.82) is 0 Å². The number of hydrogen-bond acceptors (Lipinski definition) is 1. The van der Waals surface area contributed by atoms with Crippen LogP contribution in [-0.2, 0) is 0 Å². The molecule has 0 amide bonds. The summed E-state index contributed by atoms with van der Waals surface area (Å²) in [6.07, 6.45) is 4.17. The molecule has 0 radical (unpaired) electrons. The molecule has 17 heavy (non-hydrogen) atoms. The van der Waals surface area contributed by atoms with Crippen molar-refractivity contribution in [3.63, 3.8) is 0 Å². The molecule has 1 fully saturated rings. The van der Waals surface area contributed by atoms with Gasteiger partial charge >= 0.3 is 0 Å². The lowest BCUT2D eigenvalue weighted by molar-refractivity contribution is 0.255. The summed E-state index contributed by atoms with van der Waals surface area (Å²) in [5.41, 5.74) is 3.68.